The number of nitrogens with zero attached hydrogens (tertiary/aromatic N) is 1. The normalized spacial score (nSPS) is 11.1. The topological polar surface area (TPSA) is 52.7 Å². The number of H-pyrrole nitrogens is 1. The molecule has 0 radical (unpaired) electrons. The van der Waals surface area contributed by atoms with E-state index in [2.05, 4.69) is 102 Å². The number of para-hydroxylation sites is 2. The van der Waals surface area contributed by atoms with E-state index in [-0.39, 0.29) is 0 Å². The van der Waals surface area contributed by atoms with Crippen LogP contribution in [0.2, 0.25) is 0 Å². The number of nitrogens with one attached hydrogen (secondary N) is 3. The summed E-state index contributed by atoms with van der Waals surface area (Å²) in [6.45, 7) is 3.03. The molecule has 154 valence electrons. The molecule has 31 heavy (non-hydrogen) atoms. The Morgan fingerprint density at radius 3 is 2.42 bits per heavy atom. The SMILES string of the molecule is CCc1cc(Nc2ccc(NCCc3c[nH]c4ccccc34)cc2)c2ccccc2n1. The Kier molecular flexibility index (Phi) is 5.28. The van der Waals surface area contributed by atoms with Gasteiger partial charge in [0, 0.05) is 51.8 Å². The zero-order valence-corrected chi connectivity index (χ0v) is 17.7. The number of hydrogen-bond donors (Lipinski definition) is 3. The molecule has 0 aliphatic heterocycles. The molecule has 3 aromatic carbocycles. The van der Waals surface area contributed by atoms with Crippen LogP contribution in [0.1, 0.15) is 18.2 Å². The number of rotatable bonds is 7. The third-order valence-corrected chi connectivity index (χ3v) is 5.69. The van der Waals surface area contributed by atoms with E-state index in [1.165, 1.54) is 16.5 Å². The summed E-state index contributed by atoms with van der Waals surface area (Å²) in [6.07, 6.45) is 4.01. The predicted molar refractivity (Wildman–Crippen MR) is 131 cm³/mol. The first kappa shape index (κ1) is 19.2. The zero-order chi connectivity index (χ0) is 21.0. The Morgan fingerprint density at radius 1 is 0.839 bits per heavy atom. The van der Waals surface area contributed by atoms with E-state index in [1.54, 1.807) is 0 Å². The maximum Gasteiger partial charge on any atom is 0.0726 e. The summed E-state index contributed by atoms with van der Waals surface area (Å²) in [4.78, 5) is 8.08. The summed E-state index contributed by atoms with van der Waals surface area (Å²) in [7, 11) is 0. The van der Waals surface area contributed by atoms with Crippen molar-refractivity contribution >= 4 is 38.9 Å². The number of benzene rings is 3. The van der Waals surface area contributed by atoms with Crippen LogP contribution in [0.25, 0.3) is 21.8 Å². The number of aryl methyl sites for hydroxylation is 1. The van der Waals surface area contributed by atoms with E-state index in [9.17, 15) is 0 Å². The maximum absolute atomic E-state index is 4.73. The second kappa shape index (κ2) is 8.52. The van der Waals surface area contributed by atoms with Gasteiger partial charge in [0.1, 0.15) is 0 Å². The fourth-order valence-corrected chi connectivity index (χ4v) is 4.02. The Labute approximate surface area is 182 Å². The Morgan fingerprint density at radius 2 is 1.58 bits per heavy atom. The molecule has 0 saturated heterocycles. The lowest BCUT2D eigenvalue weighted by molar-refractivity contribution is 1.03. The average Bonchev–Trinajstić information content (AvgIpc) is 3.23. The highest BCUT2D eigenvalue weighted by atomic mass is 14.9. The van der Waals surface area contributed by atoms with Crippen LogP contribution in [-0.2, 0) is 12.8 Å². The number of anilines is 3. The Balaban J connectivity index is 1.26. The minimum atomic E-state index is 0.892. The molecule has 0 fully saturated rings. The van der Waals surface area contributed by atoms with Crippen LogP contribution in [0.5, 0.6) is 0 Å². The van der Waals surface area contributed by atoms with Crippen molar-refractivity contribution in [2.24, 2.45) is 0 Å². The van der Waals surface area contributed by atoms with Gasteiger partial charge < -0.3 is 15.6 Å². The van der Waals surface area contributed by atoms with Crippen LogP contribution < -0.4 is 10.6 Å². The van der Waals surface area contributed by atoms with Gasteiger partial charge in [-0.05, 0) is 60.9 Å². The second-order valence-electron chi connectivity index (χ2n) is 7.77. The molecule has 3 N–H and O–H groups in total. The molecule has 5 aromatic rings. The van der Waals surface area contributed by atoms with Gasteiger partial charge in [0.2, 0.25) is 0 Å². The smallest absolute Gasteiger partial charge is 0.0726 e. The van der Waals surface area contributed by atoms with Gasteiger partial charge in [-0.3, -0.25) is 4.98 Å². The van der Waals surface area contributed by atoms with Crippen molar-refractivity contribution in [2.45, 2.75) is 19.8 Å². The van der Waals surface area contributed by atoms with Crippen molar-refractivity contribution in [3.05, 3.63) is 96.3 Å². The fourth-order valence-electron chi connectivity index (χ4n) is 4.02. The first-order chi connectivity index (χ1) is 15.3. The lowest BCUT2D eigenvalue weighted by Crippen LogP contribution is -2.04. The number of aromatic amines is 1. The van der Waals surface area contributed by atoms with Crippen LogP contribution in [0.4, 0.5) is 17.1 Å². The molecular weight excluding hydrogens is 380 g/mol. The molecule has 0 amide bonds. The van der Waals surface area contributed by atoms with E-state index in [4.69, 9.17) is 4.98 Å². The van der Waals surface area contributed by atoms with Crippen molar-refractivity contribution in [3.8, 4) is 0 Å². The molecule has 4 heteroatoms. The van der Waals surface area contributed by atoms with Crippen molar-refractivity contribution in [1.82, 2.24) is 9.97 Å². The van der Waals surface area contributed by atoms with Gasteiger partial charge in [0.25, 0.3) is 0 Å². The van der Waals surface area contributed by atoms with E-state index in [0.29, 0.717) is 0 Å². The number of hydrogen-bond acceptors (Lipinski definition) is 3. The van der Waals surface area contributed by atoms with Gasteiger partial charge >= 0.3 is 0 Å². The number of pyridine rings is 1. The van der Waals surface area contributed by atoms with Crippen molar-refractivity contribution in [2.75, 3.05) is 17.2 Å². The molecule has 0 spiro atoms. The van der Waals surface area contributed by atoms with Crippen LogP contribution in [0.15, 0.2) is 85.1 Å². The quantitative estimate of drug-likeness (QED) is 0.283. The van der Waals surface area contributed by atoms with E-state index in [0.717, 1.165) is 53.0 Å². The second-order valence-corrected chi connectivity index (χ2v) is 7.77. The zero-order valence-electron chi connectivity index (χ0n) is 17.7. The highest BCUT2D eigenvalue weighted by molar-refractivity contribution is 5.93. The van der Waals surface area contributed by atoms with Gasteiger partial charge in [-0.1, -0.05) is 43.3 Å². The van der Waals surface area contributed by atoms with Crippen molar-refractivity contribution < 1.29 is 0 Å². The van der Waals surface area contributed by atoms with E-state index in [1.807, 2.05) is 6.07 Å². The summed E-state index contributed by atoms with van der Waals surface area (Å²) in [5.74, 6) is 0. The summed E-state index contributed by atoms with van der Waals surface area (Å²) >= 11 is 0. The molecule has 2 aromatic heterocycles. The summed E-state index contributed by atoms with van der Waals surface area (Å²) < 4.78 is 0. The highest BCUT2D eigenvalue weighted by Crippen LogP contribution is 2.27. The summed E-state index contributed by atoms with van der Waals surface area (Å²) in [6, 6.07) is 27.4. The number of aromatic nitrogens is 2. The van der Waals surface area contributed by atoms with Gasteiger partial charge in [-0.15, -0.1) is 0 Å². The minimum Gasteiger partial charge on any atom is -0.385 e. The summed E-state index contributed by atoms with van der Waals surface area (Å²) in [5, 5.41) is 9.56. The van der Waals surface area contributed by atoms with Crippen molar-refractivity contribution in [1.29, 1.82) is 0 Å². The summed E-state index contributed by atoms with van der Waals surface area (Å²) in [5.41, 5.74) is 7.96. The Bertz CT molecular complexity index is 1320. The van der Waals surface area contributed by atoms with Gasteiger partial charge in [0.05, 0.1) is 5.52 Å². The molecule has 0 aliphatic rings. The first-order valence-corrected chi connectivity index (χ1v) is 10.8. The third kappa shape index (κ3) is 4.10. The third-order valence-electron chi connectivity index (χ3n) is 5.69. The minimum absolute atomic E-state index is 0.892. The Hall–Kier alpha value is -3.79. The molecule has 0 atom stereocenters. The van der Waals surface area contributed by atoms with E-state index < -0.39 is 0 Å². The van der Waals surface area contributed by atoms with E-state index >= 15 is 0 Å². The van der Waals surface area contributed by atoms with Gasteiger partial charge in [-0.2, -0.15) is 0 Å². The maximum atomic E-state index is 4.73. The van der Waals surface area contributed by atoms with Crippen molar-refractivity contribution in [3.63, 3.8) is 0 Å². The van der Waals surface area contributed by atoms with Crippen LogP contribution in [-0.4, -0.2) is 16.5 Å². The molecule has 0 aliphatic carbocycles. The molecule has 0 saturated carbocycles. The highest BCUT2D eigenvalue weighted by Gasteiger charge is 2.06. The fraction of sp³-hybridized carbons (Fsp3) is 0.148. The molecule has 0 unspecified atom stereocenters. The first-order valence-electron chi connectivity index (χ1n) is 10.8. The molecule has 5 rings (SSSR count). The lowest BCUT2D eigenvalue weighted by Gasteiger charge is -2.12. The van der Waals surface area contributed by atoms with Gasteiger partial charge in [0.15, 0.2) is 0 Å². The monoisotopic (exact) mass is 406 g/mol. The molecule has 0 bridgehead atoms. The predicted octanol–water partition coefficient (Wildman–Crippen LogP) is 6.68. The lowest BCUT2D eigenvalue weighted by atomic mass is 10.1. The van der Waals surface area contributed by atoms with Crippen LogP contribution in [0.3, 0.4) is 0 Å². The largest absolute Gasteiger partial charge is 0.385 e. The van der Waals surface area contributed by atoms with Gasteiger partial charge in [-0.25, -0.2) is 0 Å². The molecular formula is C27H26N4. The van der Waals surface area contributed by atoms with Crippen LogP contribution in [0, 0.1) is 0 Å². The molecule has 4 nitrogen and oxygen atoms in total. The average molecular weight is 407 g/mol. The standard InChI is InChI=1S/C27H26N4/c1-2-20-17-27(24-8-4-6-10-26(24)30-20)31-22-13-11-21(12-14-22)28-16-15-19-18-29-25-9-5-3-7-23(19)25/h3-14,17-18,28-29H,2,15-16H2,1H3,(H,30,31). The number of fused-ring (bicyclic) bond motifs is 2. The van der Waals surface area contributed by atoms with Crippen LogP contribution >= 0.6 is 0 Å². The molecule has 2 heterocycles.